The van der Waals surface area contributed by atoms with Crippen molar-refractivity contribution >= 4 is 17.3 Å². The van der Waals surface area contributed by atoms with E-state index in [-0.39, 0.29) is 5.56 Å². The number of aromatic nitrogens is 1. The highest BCUT2D eigenvalue weighted by Crippen LogP contribution is 2.37. The topological polar surface area (TPSA) is 55.0 Å². The maximum atomic E-state index is 12.2. The number of pyridine rings is 1. The second-order valence-corrected chi connectivity index (χ2v) is 5.97. The highest BCUT2D eigenvalue weighted by molar-refractivity contribution is 6.30. The van der Waals surface area contributed by atoms with Gasteiger partial charge in [-0.05, 0) is 44.2 Å². The van der Waals surface area contributed by atoms with Crippen LogP contribution in [0.5, 0.6) is 5.75 Å². The number of ether oxygens (including phenoxy) is 1. The number of benzene rings is 1. The van der Waals surface area contributed by atoms with Crippen molar-refractivity contribution in [2.75, 3.05) is 0 Å². The number of nitriles is 1. The molecule has 1 aliphatic heterocycles. The summed E-state index contributed by atoms with van der Waals surface area (Å²) in [5.74, 6) is 0.619. The Bertz CT molecular complexity index is 888. The molecule has 0 bridgehead atoms. The van der Waals surface area contributed by atoms with Gasteiger partial charge in [0.25, 0.3) is 5.56 Å². The number of hydrogen-bond acceptors (Lipinski definition) is 3. The van der Waals surface area contributed by atoms with Crippen molar-refractivity contribution < 1.29 is 4.74 Å². The molecule has 2 heterocycles. The molecule has 0 unspecified atom stereocenters. The van der Waals surface area contributed by atoms with Gasteiger partial charge in [0, 0.05) is 11.6 Å². The Kier molecular flexibility index (Phi) is 3.31. The molecule has 0 N–H and O–H groups in total. The van der Waals surface area contributed by atoms with Crippen molar-refractivity contribution in [3.05, 3.63) is 69.1 Å². The second kappa shape index (κ2) is 5.04. The summed E-state index contributed by atoms with van der Waals surface area (Å²) in [6, 6.07) is 11.9. The molecule has 2 aromatic rings. The summed E-state index contributed by atoms with van der Waals surface area (Å²) in [6.45, 7) is 3.80. The Balaban J connectivity index is 2.33. The molecular formula is C17H13ClN2O2. The van der Waals surface area contributed by atoms with Gasteiger partial charge >= 0.3 is 0 Å². The minimum absolute atomic E-state index is 0.232. The molecule has 1 aliphatic rings. The summed E-state index contributed by atoms with van der Waals surface area (Å²) < 4.78 is 7.33. The monoisotopic (exact) mass is 312 g/mol. The molecule has 0 saturated carbocycles. The van der Waals surface area contributed by atoms with Crippen LogP contribution >= 0.6 is 11.6 Å². The molecule has 22 heavy (non-hydrogen) atoms. The predicted molar refractivity (Wildman–Crippen MR) is 85.0 cm³/mol. The van der Waals surface area contributed by atoms with E-state index in [4.69, 9.17) is 21.6 Å². The van der Waals surface area contributed by atoms with Crippen molar-refractivity contribution in [3.63, 3.8) is 0 Å². The van der Waals surface area contributed by atoms with Crippen LogP contribution in [-0.4, -0.2) is 10.2 Å². The van der Waals surface area contributed by atoms with E-state index in [1.54, 1.807) is 30.3 Å². The van der Waals surface area contributed by atoms with E-state index in [2.05, 4.69) is 6.07 Å². The summed E-state index contributed by atoms with van der Waals surface area (Å²) in [7, 11) is 0. The van der Waals surface area contributed by atoms with E-state index in [1.807, 2.05) is 19.9 Å². The van der Waals surface area contributed by atoms with Crippen LogP contribution in [0.4, 0.5) is 0 Å². The first-order valence-corrected chi connectivity index (χ1v) is 7.13. The van der Waals surface area contributed by atoms with Gasteiger partial charge in [-0.15, -0.1) is 0 Å². The van der Waals surface area contributed by atoms with E-state index >= 15 is 0 Å². The Morgan fingerprint density at radius 2 is 2.05 bits per heavy atom. The average molecular weight is 313 g/mol. The largest absolute Gasteiger partial charge is 0.483 e. The summed E-state index contributed by atoms with van der Waals surface area (Å²) in [5.41, 5.74) is 0.972. The van der Waals surface area contributed by atoms with Crippen molar-refractivity contribution in [3.8, 4) is 11.8 Å². The quantitative estimate of drug-likeness (QED) is 0.758. The average Bonchev–Trinajstić information content (AvgIpc) is 2.45. The lowest BCUT2D eigenvalue weighted by Crippen LogP contribution is -2.32. The Morgan fingerprint density at radius 1 is 1.27 bits per heavy atom. The molecule has 3 rings (SSSR count). The summed E-state index contributed by atoms with van der Waals surface area (Å²) in [5, 5.41) is 9.41. The van der Waals surface area contributed by atoms with Crippen molar-refractivity contribution in [1.29, 1.82) is 5.26 Å². The van der Waals surface area contributed by atoms with Gasteiger partial charge in [-0.1, -0.05) is 17.7 Å². The van der Waals surface area contributed by atoms with Crippen LogP contribution < -0.4 is 10.3 Å². The molecule has 0 atom stereocenters. The molecule has 5 heteroatoms. The molecule has 110 valence electrons. The van der Waals surface area contributed by atoms with Crippen LogP contribution in [0.25, 0.3) is 5.70 Å². The molecular weight excluding hydrogens is 300 g/mol. The van der Waals surface area contributed by atoms with Gasteiger partial charge < -0.3 is 4.74 Å². The van der Waals surface area contributed by atoms with Crippen LogP contribution in [0.1, 0.15) is 25.0 Å². The van der Waals surface area contributed by atoms with Crippen LogP contribution in [-0.2, 0) is 0 Å². The van der Waals surface area contributed by atoms with E-state index in [0.717, 1.165) is 0 Å². The number of halogens is 1. The fourth-order valence-electron chi connectivity index (χ4n) is 2.49. The fraction of sp³-hybridized carbons (Fsp3) is 0.176. The number of nitrogens with zero attached hydrogens (tertiary/aromatic N) is 2. The maximum absolute atomic E-state index is 12.2. The molecule has 1 aromatic heterocycles. The van der Waals surface area contributed by atoms with Gasteiger partial charge in [-0.25, -0.2) is 0 Å². The van der Waals surface area contributed by atoms with Gasteiger partial charge in [-0.3, -0.25) is 9.36 Å². The second-order valence-electron chi connectivity index (χ2n) is 5.58. The Labute approximate surface area is 132 Å². The lowest BCUT2D eigenvalue weighted by molar-refractivity contribution is 0.157. The number of rotatable bonds is 1. The minimum Gasteiger partial charge on any atom is -0.483 e. The molecule has 0 saturated heterocycles. The predicted octanol–water partition coefficient (Wildman–Crippen LogP) is 3.43. The Morgan fingerprint density at radius 3 is 2.73 bits per heavy atom. The number of hydrogen-bond donors (Lipinski definition) is 0. The number of fused-ring (bicyclic) bond motifs is 1. The van der Waals surface area contributed by atoms with Crippen LogP contribution in [0, 0.1) is 11.3 Å². The standard InChI is InChI=1S/C17H13ClN2O2/c1-17(2)9-13(20-15(18)4-3-5-16(20)21)12-8-11(10-19)6-7-14(12)22-17/h3-9H,1-2H3. The molecule has 4 nitrogen and oxygen atoms in total. The van der Waals surface area contributed by atoms with Crippen LogP contribution in [0.15, 0.2) is 47.3 Å². The van der Waals surface area contributed by atoms with Crippen molar-refractivity contribution in [2.24, 2.45) is 0 Å². The minimum atomic E-state index is -0.588. The van der Waals surface area contributed by atoms with Gasteiger partial charge in [0.1, 0.15) is 16.5 Å². The summed E-state index contributed by atoms with van der Waals surface area (Å²) in [4.78, 5) is 12.2. The third-order valence-corrected chi connectivity index (χ3v) is 3.68. The highest BCUT2D eigenvalue weighted by atomic mass is 35.5. The van der Waals surface area contributed by atoms with Gasteiger partial charge in [0.2, 0.25) is 0 Å². The van der Waals surface area contributed by atoms with E-state index in [0.29, 0.717) is 27.7 Å². The first-order valence-electron chi connectivity index (χ1n) is 6.76. The first kappa shape index (κ1) is 14.4. The van der Waals surface area contributed by atoms with Crippen LogP contribution in [0.2, 0.25) is 5.15 Å². The molecule has 0 aliphatic carbocycles. The summed E-state index contributed by atoms with van der Waals surface area (Å²) in [6.07, 6.45) is 1.84. The highest BCUT2D eigenvalue weighted by Gasteiger charge is 2.28. The van der Waals surface area contributed by atoms with Crippen molar-refractivity contribution in [1.82, 2.24) is 4.57 Å². The normalized spacial score (nSPS) is 15.3. The fourth-order valence-corrected chi connectivity index (χ4v) is 2.74. The zero-order chi connectivity index (χ0) is 15.9. The zero-order valence-electron chi connectivity index (χ0n) is 12.1. The van der Waals surface area contributed by atoms with Gasteiger partial charge in [0.05, 0.1) is 17.3 Å². The molecule has 0 radical (unpaired) electrons. The third kappa shape index (κ3) is 2.40. The van der Waals surface area contributed by atoms with Crippen molar-refractivity contribution in [2.45, 2.75) is 19.4 Å². The van der Waals surface area contributed by atoms with Gasteiger partial charge in [-0.2, -0.15) is 5.26 Å². The molecule has 0 spiro atoms. The van der Waals surface area contributed by atoms with E-state index < -0.39 is 5.60 Å². The van der Waals surface area contributed by atoms with Crippen LogP contribution in [0.3, 0.4) is 0 Å². The summed E-state index contributed by atoms with van der Waals surface area (Å²) >= 11 is 6.21. The van der Waals surface area contributed by atoms with E-state index in [9.17, 15) is 4.79 Å². The van der Waals surface area contributed by atoms with E-state index in [1.165, 1.54) is 10.6 Å². The lowest BCUT2D eigenvalue weighted by Gasteiger charge is -2.31. The molecule has 0 fully saturated rings. The Hall–Kier alpha value is -2.51. The molecule has 0 amide bonds. The zero-order valence-corrected chi connectivity index (χ0v) is 12.9. The first-order chi connectivity index (χ1) is 10.4. The smallest absolute Gasteiger partial charge is 0.256 e. The third-order valence-electron chi connectivity index (χ3n) is 3.39. The van der Waals surface area contributed by atoms with Gasteiger partial charge in [0.15, 0.2) is 0 Å². The lowest BCUT2D eigenvalue weighted by atomic mass is 9.97. The molecule has 1 aromatic carbocycles. The maximum Gasteiger partial charge on any atom is 0.256 e. The SMILES string of the molecule is CC1(C)C=C(n2c(Cl)cccc2=O)c2cc(C#N)ccc2O1.